The van der Waals surface area contributed by atoms with Crippen LogP contribution in [0.15, 0.2) is 24.3 Å². The monoisotopic (exact) mass is 438 g/mol. The quantitative estimate of drug-likeness (QED) is 0.705. The number of para-hydroxylation sites is 2. The fourth-order valence-corrected chi connectivity index (χ4v) is 7.57. The second-order valence-electron chi connectivity index (χ2n) is 10.8. The minimum Gasteiger partial charge on any atom is -0.373 e. The highest BCUT2D eigenvalue weighted by atomic mass is 16.5. The van der Waals surface area contributed by atoms with E-state index in [4.69, 9.17) is 14.5 Å². The number of nitrogens with zero attached hydrogens (tertiary/aromatic N) is 4. The lowest BCUT2D eigenvalue weighted by atomic mass is 9.75. The van der Waals surface area contributed by atoms with Gasteiger partial charge in [0.2, 0.25) is 0 Å². The second kappa shape index (κ2) is 7.79. The van der Waals surface area contributed by atoms with Crippen molar-refractivity contribution in [3.05, 3.63) is 30.1 Å². The summed E-state index contributed by atoms with van der Waals surface area (Å²) in [7, 11) is 0. The van der Waals surface area contributed by atoms with Crippen molar-refractivity contribution in [3.63, 3.8) is 0 Å². The zero-order chi connectivity index (χ0) is 22.0. The molecule has 6 rings (SSSR count). The van der Waals surface area contributed by atoms with E-state index in [0.717, 1.165) is 31.7 Å². The van der Waals surface area contributed by atoms with Crippen LogP contribution in [0.3, 0.4) is 0 Å². The molecule has 0 amide bonds. The maximum Gasteiger partial charge on any atom is 0.129 e. The molecule has 7 atom stereocenters. The van der Waals surface area contributed by atoms with Crippen molar-refractivity contribution in [3.8, 4) is 0 Å². The molecular formula is C26H38N4O2. The van der Waals surface area contributed by atoms with Crippen LogP contribution >= 0.6 is 0 Å². The molecule has 0 radical (unpaired) electrons. The summed E-state index contributed by atoms with van der Waals surface area (Å²) in [5, 5.41) is 0. The Balaban J connectivity index is 1.54. The molecule has 7 unspecified atom stereocenters. The Morgan fingerprint density at radius 3 is 2.25 bits per heavy atom. The highest BCUT2D eigenvalue weighted by Gasteiger charge is 2.60. The number of rotatable bonds is 2. The lowest BCUT2D eigenvalue weighted by Crippen LogP contribution is -2.61. The molecule has 1 saturated carbocycles. The van der Waals surface area contributed by atoms with Gasteiger partial charge in [-0.25, -0.2) is 4.98 Å². The molecule has 3 fully saturated rings. The molecular weight excluding hydrogens is 400 g/mol. The summed E-state index contributed by atoms with van der Waals surface area (Å²) in [6.45, 7) is 12.9. The Bertz CT molecular complexity index is 971. The van der Waals surface area contributed by atoms with E-state index in [1.807, 2.05) is 0 Å². The Morgan fingerprint density at radius 2 is 1.53 bits per heavy atom. The summed E-state index contributed by atoms with van der Waals surface area (Å²) >= 11 is 0. The maximum absolute atomic E-state index is 6.19. The molecule has 1 aromatic carbocycles. The fraction of sp³-hybridized carbons (Fsp3) is 0.731. The predicted octanol–water partition coefficient (Wildman–Crippen LogP) is 4.15. The van der Waals surface area contributed by atoms with Crippen LogP contribution in [0, 0.1) is 5.92 Å². The summed E-state index contributed by atoms with van der Waals surface area (Å²) in [5.41, 5.74) is 2.43. The zero-order valence-corrected chi connectivity index (χ0v) is 20.0. The van der Waals surface area contributed by atoms with Crippen LogP contribution in [0.4, 0.5) is 0 Å². The van der Waals surface area contributed by atoms with Crippen LogP contribution in [0.1, 0.15) is 65.2 Å². The minimum absolute atomic E-state index is 0.00850. The van der Waals surface area contributed by atoms with E-state index in [-0.39, 0.29) is 30.1 Å². The molecule has 0 N–H and O–H groups in total. The molecule has 3 aliphatic heterocycles. The molecule has 0 bridgehead atoms. The van der Waals surface area contributed by atoms with E-state index in [9.17, 15) is 0 Å². The number of imidazole rings is 1. The molecule has 174 valence electrons. The fourth-order valence-electron chi connectivity index (χ4n) is 7.57. The van der Waals surface area contributed by atoms with Gasteiger partial charge in [0.1, 0.15) is 11.5 Å². The first-order valence-electron chi connectivity index (χ1n) is 12.7. The summed E-state index contributed by atoms with van der Waals surface area (Å²) in [5.74, 6) is 1.84. The first-order chi connectivity index (χ1) is 15.5. The van der Waals surface area contributed by atoms with Crippen LogP contribution in [0.5, 0.6) is 0 Å². The highest BCUT2D eigenvalue weighted by Crippen LogP contribution is 2.57. The summed E-state index contributed by atoms with van der Waals surface area (Å²) in [6, 6.07) is 9.14. The van der Waals surface area contributed by atoms with Crippen LogP contribution in [-0.2, 0) is 15.1 Å². The first-order valence-corrected chi connectivity index (χ1v) is 12.7. The van der Waals surface area contributed by atoms with Gasteiger partial charge in [-0.2, -0.15) is 0 Å². The first kappa shape index (κ1) is 21.1. The standard InChI is InChI=1S/C26H38N4O2/c1-17-13-28(14-18(2)31-17)24-21-9-7-8-12-26(21,29-15-19(3)32-20(4)16-29)30-23-11-6-5-10-22(23)27-25(24)30/h5-6,10-11,17-21,24H,7-9,12-16H2,1-4H3. The van der Waals surface area contributed by atoms with Crippen LogP contribution in [-0.4, -0.2) is 69.9 Å². The van der Waals surface area contributed by atoms with Crippen molar-refractivity contribution in [2.75, 3.05) is 26.2 Å². The SMILES string of the molecule is CC1CN(C2c3nc4ccccc4n3C3(N4CC(C)OC(C)C4)CCCCC23)CC(C)O1. The minimum atomic E-state index is -0.00850. The number of ether oxygens (including phenoxy) is 2. The molecule has 6 nitrogen and oxygen atoms in total. The smallest absolute Gasteiger partial charge is 0.129 e. The highest BCUT2D eigenvalue weighted by molar-refractivity contribution is 5.77. The van der Waals surface area contributed by atoms with E-state index in [0.29, 0.717) is 12.0 Å². The van der Waals surface area contributed by atoms with Gasteiger partial charge in [-0.1, -0.05) is 18.6 Å². The van der Waals surface area contributed by atoms with E-state index >= 15 is 0 Å². The second-order valence-corrected chi connectivity index (χ2v) is 10.8. The van der Waals surface area contributed by atoms with Crippen molar-refractivity contribution in [1.82, 2.24) is 19.4 Å². The van der Waals surface area contributed by atoms with Crippen molar-refractivity contribution in [2.45, 2.75) is 89.5 Å². The average Bonchev–Trinajstić information content (AvgIpc) is 3.25. The molecule has 2 saturated heterocycles. The van der Waals surface area contributed by atoms with Crippen molar-refractivity contribution in [1.29, 1.82) is 0 Å². The van der Waals surface area contributed by atoms with E-state index in [1.54, 1.807) is 0 Å². The van der Waals surface area contributed by atoms with Crippen molar-refractivity contribution in [2.24, 2.45) is 5.92 Å². The van der Waals surface area contributed by atoms with Crippen molar-refractivity contribution < 1.29 is 9.47 Å². The molecule has 0 spiro atoms. The van der Waals surface area contributed by atoms with Gasteiger partial charge in [-0.15, -0.1) is 0 Å². The molecule has 1 aliphatic carbocycles. The Kier molecular flexibility index (Phi) is 5.14. The van der Waals surface area contributed by atoms with Gasteiger partial charge in [0.25, 0.3) is 0 Å². The molecule has 32 heavy (non-hydrogen) atoms. The van der Waals surface area contributed by atoms with Gasteiger partial charge < -0.3 is 14.0 Å². The normalized spacial score (nSPS) is 41.0. The van der Waals surface area contributed by atoms with Crippen LogP contribution < -0.4 is 0 Å². The Labute approximate surface area is 191 Å². The molecule has 4 heterocycles. The van der Waals surface area contributed by atoms with E-state index < -0.39 is 0 Å². The summed E-state index contributed by atoms with van der Waals surface area (Å²) in [6.07, 6.45) is 6.12. The third-order valence-corrected chi connectivity index (χ3v) is 8.33. The zero-order valence-electron chi connectivity index (χ0n) is 20.0. The van der Waals surface area contributed by atoms with Gasteiger partial charge in [-0.05, 0) is 59.1 Å². The topological polar surface area (TPSA) is 42.8 Å². The van der Waals surface area contributed by atoms with E-state index in [2.05, 4.69) is 66.3 Å². The Morgan fingerprint density at radius 1 is 0.875 bits per heavy atom. The molecule has 6 heteroatoms. The molecule has 4 aliphatic rings. The number of morpholine rings is 2. The summed E-state index contributed by atoms with van der Waals surface area (Å²) in [4.78, 5) is 10.8. The largest absolute Gasteiger partial charge is 0.373 e. The third-order valence-electron chi connectivity index (χ3n) is 8.33. The van der Waals surface area contributed by atoms with Gasteiger partial charge >= 0.3 is 0 Å². The Hall–Kier alpha value is -1.47. The third kappa shape index (κ3) is 3.10. The number of hydrogen-bond donors (Lipinski definition) is 0. The van der Waals surface area contributed by atoms with Gasteiger partial charge in [-0.3, -0.25) is 9.80 Å². The van der Waals surface area contributed by atoms with Gasteiger partial charge in [0.05, 0.1) is 41.5 Å². The van der Waals surface area contributed by atoms with Crippen molar-refractivity contribution >= 4 is 11.0 Å². The average molecular weight is 439 g/mol. The van der Waals surface area contributed by atoms with E-state index in [1.165, 1.54) is 37.0 Å². The van der Waals surface area contributed by atoms with Gasteiger partial charge in [0.15, 0.2) is 0 Å². The number of aromatic nitrogens is 2. The number of fused-ring (bicyclic) bond motifs is 5. The molecule has 1 aromatic heterocycles. The predicted molar refractivity (Wildman–Crippen MR) is 126 cm³/mol. The lowest BCUT2D eigenvalue weighted by Gasteiger charge is -2.54. The number of benzene rings is 1. The summed E-state index contributed by atoms with van der Waals surface area (Å²) < 4.78 is 15.0. The lowest BCUT2D eigenvalue weighted by molar-refractivity contribution is -0.157. The number of hydrogen-bond acceptors (Lipinski definition) is 5. The molecule has 2 aromatic rings. The maximum atomic E-state index is 6.19. The van der Waals surface area contributed by atoms with Gasteiger partial charge in [0, 0.05) is 32.1 Å². The van der Waals surface area contributed by atoms with Crippen LogP contribution in [0.25, 0.3) is 11.0 Å². The van der Waals surface area contributed by atoms with Crippen LogP contribution in [0.2, 0.25) is 0 Å².